The van der Waals surface area contributed by atoms with Crippen molar-refractivity contribution in [2.45, 2.75) is 38.5 Å². The second-order valence-corrected chi connectivity index (χ2v) is 10.1. The van der Waals surface area contributed by atoms with Crippen LogP contribution < -0.4 is 0 Å². The molecule has 3 heterocycles. The van der Waals surface area contributed by atoms with E-state index in [9.17, 15) is 30.7 Å². The molecule has 0 aliphatic carbocycles. The minimum Gasteiger partial charge on any atom is -0.455 e. The summed E-state index contributed by atoms with van der Waals surface area (Å²) in [7, 11) is 0. The van der Waals surface area contributed by atoms with Crippen molar-refractivity contribution in [3.8, 4) is 11.3 Å². The average Bonchev–Trinajstić information content (AvgIpc) is 3.32. The number of halogens is 7. The van der Waals surface area contributed by atoms with Gasteiger partial charge in [0.05, 0.1) is 21.5 Å². The monoisotopic (exact) mass is 511 g/mol. The Morgan fingerprint density at radius 2 is 1.54 bits per heavy atom. The van der Waals surface area contributed by atoms with Gasteiger partial charge in [0.25, 0.3) is 0 Å². The lowest BCUT2D eigenvalue weighted by Gasteiger charge is -2.19. The van der Waals surface area contributed by atoms with Crippen LogP contribution in [0.1, 0.15) is 37.5 Å². The first-order valence-corrected chi connectivity index (χ1v) is 11.3. The number of thiophene rings is 1. The fraction of sp³-hybridized carbons (Fsp3) is 0.240. The molecule has 0 saturated carbocycles. The van der Waals surface area contributed by atoms with Crippen molar-refractivity contribution in [2.24, 2.45) is 0 Å². The van der Waals surface area contributed by atoms with Gasteiger partial charge in [-0.1, -0.05) is 20.8 Å². The zero-order chi connectivity index (χ0) is 25.5. The van der Waals surface area contributed by atoms with E-state index in [2.05, 4.69) is 4.98 Å². The minimum atomic E-state index is -4.77. The Hall–Kier alpha value is -3.14. The standard InChI is InChI=1S/C25H16F7NOS/c1-23(2,3)16-9-19-13(8-18(16)26)14-6-11(24(27,28)29)7-15(21(14)34-19)20-22-12(4-5-33-20)17(10-35-22)25(30,31)32/h4-10H,1-3H3. The van der Waals surface area contributed by atoms with Gasteiger partial charge in [-0.3, -0.25) is 4.98 Å². The van der Waals surface area contributed by atoms with Gasteiger partial charge < -0.3 is 4.42 Å². The number of rotatable bonds is 1. The first-order valence-electron chi connectivity index (χ1n) is 10.4. The molecule has 0 fully saturated rings. The lowest BCUT2D eigenvalue weighted by atomic mass is 9.86. The summed E-state index contributed by atoms with van der Waals surface area (Å²) in [5.74, 6) is -0.597. The van der Waals surface area contributed by atoms with Gasteiger partial charge in [0.2, 0.25) is 0 Å². The number of alkyl halides is 6. The Kier molecular flexibility index (Phi) is 5.01. The summed E-state index contributed by atoms with van der Waals surface area (Å²) in [6, 6.07) is 5.42. The third kappa shape index (κ3) is 3.84. The summed E-state index contributed by atoms with van der Waals surface area (Å²) >= 11 is 0.734. The highest BCUT2D eigenvalue weighted by molar-refractivity contribution is 7.18. The molecule has 0 aliphatic heterocycles. The van der Waals surface area contributed by atoms with Crippen LogP contribution in [0.15, 0.2) is 46.3 Å². The Labute approximate surface area is 198 Å². The molecule has 5 rings (SSSR count). The third-order valence-electron chi connectivity index (χ3n) is 5.85. The topological polar surface area (TPSA) is 26.0 Å². The van der Waals surface area contributed by atoms with E-state index in [1.165, 1.54) is 12.1 Å². The second-order valence-electron chi connectivity index (χ2n) is 9.26. The normalized spacial score (nSPS) is 13.4. The lowest BCUT2D eigenvalue weighted by Crippen LogP contribution is -2.13. The molecule has 5 aromatic rings. The highest BCUT2D eigenvalue weighted by Crippen LogP contribution is 2.46. The number of furan rings is 1. The van der Waals surface area contributed by atoms with Crippen LogP contribution in [0.3, 0.4) is 0 Å². The number of fused-ring (bicyclic) bond motifs is 4. The molecule has 0 radical (unpaired) electrons. The molecule has 0 spiro atoms. The smallest absolute Gasteiger partial charge is 0.417 e. The van der Waals surface area contributed by atoms with E-state index in [1.54, 1.807) is 20.8 Å². The molecule has 2 aromatic carbocycles. The van der Waals surface area contributed by atoms with Gasteiger partial charge in [-0.25, -0.2) is 4.39 Å². The maximum absolute atomic E-state index is 14.9. The van der Waals surface area contributed by atoms with Crippen molar-refractivity contribution < 1.29 is 35.2 Å². The SMILES string of the molecule is CC(C)(C)c1cc2oc3c(-c4nccc5c(C(F)(F)F)csc45)cc(C(F)(F)F)cc3c2cc1F. The number of nitrogens with zero attached hydrogens (tertiary/aromatic N) is 1. The molecule has 2 nitrogen and oxygen atoms in total. The van der Waals surface area contributed by atoms with Crippen LogP contribution in [0.25, 0.3) is 43.3 Å². The lowest BCUT2D eigenvalue weighted by molar-refractivity contribution is -0.137. The summed E-state index contributed by atoms with van der Waals surface area (Å²) in [5, 5.41) is 0.864. The molecule has 0 bridgehead atoms. The van der Waals surface area contributed by atoms with Crippen molar-refractivity contribution in [3.63, 3.8) is 0 Å². The van der Waals surface area contributed by atoms with Crippen molar-refractivity contribution >= 4 is 43.4 Å². The molecule has 0 unspecified atom stereocenters. The summed E-state index contributed by atoms with van der Waals surface area (Å²) < 4.78 is 103. The van der Waals surface area contributed by atoms with Crippen molar-refractivity contribution in [1.82, 2.24) is 4.98 Å². The van der Waals surface area contributed by atoms with Crippen LogP contribution in [0, 0.1) is 5.82 Å². The largest absolute Gasteiger partial charge is 0.455 e. The van der Waals surface area contributed by atoms with Crippen molar-refractivity contribution in [2.75, 3.05) is 0 Å². The van der Waals surface area contributed by atoms with Crippen LogP contribution in [-0.2, 0) is 17.8 Å². The molecule has 3 aromatic heterocycles. The average molecular weight is 511 g/mol. The first-order chi connectivity index (χ1) is 16.2. The number of benzene rings is 2. The van der Waals surface area contributed by atoms with E-state index in [1.807, 2.05) is 0 Å². The maximum Gasteiger partial charge on any atom is 0.417 e. The highest BCUT2D eigenvalue weighted by atomic mass is 32.1. The van der Waals surface area contributed by atoms with Gasteiger partial charge in [-0.2, -0.15) is 26.3 Å². The second kappa shape index (κ2) is 7.43. The van der Waals surface area contributed by atoms with E-state index in [0.717, 1.165) is 41.1 Å². The van der Waals surface area contributed by atoms with E-state index < -0.39 is 34.7 Å². The molecular formula is C25H16F7NOS. The van der Waals surface area contributed by atoms with E-state index in [0.29, 0.717) is 5.56 Å². The van der Waals surface area contributed by atoms with Gasteiger partial charge in [0.15, 0.2) is 0 Å². The molecule has 10 heteroatoms. The number of hydrogen-bond acceptors (Lipinski definition) is 3. The van der Waals surface area contributed by atoms with Gasteiger partial charge >= 0.3 is 12.4 Å². The Bertz CT molecular complexity index is 1620. The predicted molar refractivity (Wildman–Crippen MR) is 121 cm³/mol. The van der Waals surface area contributed by atoms with E-state index in [-0.39, 0.29) is 43.3 Å². The van der Waals surface area contributed by atoms with Gasteiger partial charge in [-0.15, -0.1) is 11.3 Å². The molecule has 182 valence electrons. The van der Waals surface area contributed by atoms with Gasteiger partial charge in [-0.05, 0) is 41.3 Å². The summed E-state index contributed by atoms with van der Waals surface area (Å²) in [6.45, 7) is 5.35. The quantitative estimate of drug-likeness (QED) is 0.210. The number of hydrogen-bond donors (Lipinski definition) is 0. The number of aromatic nitrogens is 1. The molecular weight excluding hydrogens is 495 g/mol. The number of pyridine rings is 1. The van der Waals surface area contributed by atoms with Crippen LogP contribution in [-0.4, -0.2) is 4.98 Å². The van der Waals surface area contributed by atoms with Crippen LogP contribution in [0.5, 0.6) is 0 Å². The summed E-state index contributed by atoms with van der Waals surface area (Å²) in [5.41, 5.74) is -2.27. The molecule has 0 amide bonds. The fourth-order valence-corrected chi connectivity index (χ4v) is 5.26. The first kappa shape index (κ1) is 23.6. The van der Waals surface area contributed by atoms with Crippen molar-refractivity contribution in [3.05, 3.63) is 64.4 Å². The fourth-order valence-electron chi connectivity index (χ4n) is 4.18. The van der Waals surface area contributed by atoms with Gasteiger partial charge in [0.1, 0.15) is 17.0 Å². The predicted octanol–water partition coefficient (Wildman–Crippen LogP) is 9.34. The van der Waals surface area contributed by atoms with Crippen molar-refractivity contribution in [1.29, 1.82) is 0 Å². The summed E-state index contributed by atoms with van der Waals surface area (Å²) in [4.78, 5) is 4.13. The molecule has 0 saturated heterocycles. The van der Waals surface area contributed by atoms with Crippen LogP contribution >= 0.6 is 11.3 Å². The van der Waals surface area contributed by atoms with Gasteiger partial charge in [0, 0.05) is 33.3 Å². The highest BCUT2D eigenvalue weighted by Gasteiger charge is 2.36. The Morgan fingerprint density at radius 3 is 2.17 bits per heavy atom. The Morgan fingerprint density at radius 1 is 0.829 bits per heavy atom. The zero-order valence-corrected chi connectivity index (χ0v) is 19.3. The molecule has 0 atom stereocenters. The van der Waals surface area contributed by atoms with Crippen LogP contribution in [0.4, 0.5) is 30.7 Å². The minimum absolute atomic E-state index is 0.00408. The molecule has 0 N–H and O–H groups in total. The summed E-state index contributed by atoms with van der Waals surface area (Å²) in [6.07, 6.45) is -8.29. The molecule has 35 heavy (non-hydrogen) atoms. The third-order valence-corrected chi connectivity index (χ3v) is 6.85. The van der Waals surface area contributed by atoms with Crippen LogP contribution in [0.2, 0.25) is 0 Å². The molecule has 0 aliphatic rings. The maximum atomic E-state index is 14.9. The van der Waals surface area contributed by atoms with E-state index in [4.69, 9.17) is 4.42 Å². The van der Waals surface area contributed by atoms with E-state index >= 15 is 0 Å². The zero-order valence-electron chi connectivity index (χ0n) is 18.5. The Balaban J connectivity index is 1.90.